The van der Waals surface area contributed by atoms with Gasteiger partial charge < -0.3 is 63.1 Å². The number of hydrogen-bond donors (Lipinski definition) is 8. The number of unbranched alkanes of at least 4 members (excludes halogenated alkanes) is 1. The summed E-state index contributed by atoms with van der Waals surface area (Å²) in [5.41, 5.74) is 0. The highest BCUT2D eigenvalue weighted by molar-refractivity contribution is 7.47. The van der Waals surface area contributed by atoms with Crippen molar-refractivity contribution in [2.45, 2.75) is 74.8 Å². The Bertz CT molecular complexity index is 964. The second-order valence-corrected chi connectivity index (χ2v) is 12.1. The minimum absolute atomic E-state index is 0.0883. The lowest BCUT2D eigenvalue weighted by atomic mass is 9.85. The molecule has 0 spiro atoms. The number of rotatable bonds is 17. The molecule has 0 heterocycles. The van der Waals surface area contributed by atoms with Crippen molar-refractivity contribution in [2.24, 2.45) is 0 Å². The molecule has 1 aliphatic rings. The Morgan fingerprint density at radius 3 is 1.73 bits per heavy atom. The summed E-state index contributed by atoms with van der Waals surface area (Å²) in [6.45, 7) is 5.44. The van der Waals surface area contributed by atoms with E-state index in [1.807, 2.05) is 0 Å². The van der Waals surface area contributed by atoms with Gasteiger partial charge in [-0.05, 0) is 0 Å². The first-order valence-electron chi connectivity index (χ1n) is 11.4. The van der Waals surface area contributed by atoms with Crippen LogP contribution in [0, 0.1) is 13.8 Å². The molecule has 0 aromatic rings. The molecule has 0 aliphatic heterocycles. The van der Waals surface area contributed by atoms with E-state index >= 15 is 0 Å². The minimum atomic E-state index is -5.57. The molecule has 1 saturated carbocycles. The smallest absolute Gasteiger partial charge is 0.462 e. The van der Waals surface area contributed by atoms with E-state index in [0.29, 0.717) is 12.8 Å². The van der Waals surface area contributed by atoms with Gasteiger partial charge in [0.2, 0.25) is 0 Å². The molecule has 8 atom stereocenters. The molecule has 1 rings (SSSR count). The molecule has 0 aromatic carbocycles. The third-order valence-electron chi connectivity index (χ3n) is 4.96. The molecule has 19 nitrogen and oxygen atoms in total. The topological polar surface area (TPSA) is 303 Å². The zero-order valence-electron chi connectivity index (χ0n) is 20.8. The lowest BCUT2D eigenvalue weighted by Gasteiger charge is -2.44. The number of hydrogen-bond acceptors (Lipinski definition) is 14. The zero-order chi connectivity index (χ0) is 30.9. The van der Waals surface area contributed by atoms with Crippen molar-refractivity contribution in [2.75, 3.05) is 13.2 Å². The predicted octanol–water partition coefficient (Wildman–Crippen LogP) is -1.39. The molecule has 236 valence electrons. The Labute approximate surface area is 228 Å². The van der Waals surface area contributed by atoms with Crippen LogP contribution in [0.15, 0.2) is 0 Å². The predicted molar refractivity (Wildman–Crippen MR) is 127 cm³/mol. The molecule has 1 unspecified atom stereocenters. The van der Waals surface area contributed by atoms with Crippen molar-refractivity contribution in [3.05, 3.63) is 13.8 Å². The van der Waals surface area contributed by atoms with E-state index in [2.05, 4.69) is 27.4 Å². The second-order valence-electron chi connectivity index (χ2n) is 8.28. The van der Waals surface area contributed by atoms with Crippen LogP contribution in [0.5, 0.6) is 0 Å². The third-order valence-corrected chi connectivity index (χ3v) is 6.98. The molecule has 22 heteroatoms. The lowest BCUT2D eigenvalue weighted by molar-refractivity contribution is -0.213. The Kier molecular flexibility index (Phi) is 15.0. The van der Waals surface area contributed by atoms with E-state index in [1.165, 1.54) is 0 Å². The van der Waals surface area contributed by atoms with Crippen LogP contribution in [0.25, 0.3) is 0 Å². The molecule has 8 N–H and O–H groups in total. The highest BCUT2D eigenvalue weighted by atomic mass is 31.2. The van der Waals surface area contributed by atoms with Crippen LogP contribution >= 0.6 is 23.5 Å². The molecule has 1 aliphatic carbocycles. The van der Waals surface area contributed by atoms with E-state index in [1.54, 1.807) is 0 Å². The summed E-state index contributed by atoms with van der Waals surface area (Å²) in [6, 6.07) is 0. The summed E-state index contributed by atoms with van der Waals surface area (Å²) >= 11 is 0. The van der Waals surface area contributed by atoms with Crippen LogP contribution in [0.3, 0.4) is 0 Å². The number of ether oxygens (including phenoxy) is 2. The van der Waals surface area contributed by atoms with Crippen LogP contribution in [0.4, 0.5) is 0 Å². The van der Waals surface area contributed by atoms with Crippen LogP contribution in [0.1, 0.15) is 32.1 Å². The summed E-state index contributed by atoms with van der Waals surface area (Å²) in [6.07, 6.45) is -15.7. The number of phosphoric acid groups is 3. The highest BCUT2D eigenvalue weighted by Crippen LogP contribution is 2.51. The van der Waals surface area contributed by atoms with Gasteiger partial charge in [0, 0.05) is 12.8 Å². The van der Waals surface area contributed by atoms with E-state index in [-0.39, 0.29) is 19.3 Å². The summed E-state index contributed by atoms with van der Waals surface area (Å²) in [7, 11) is -16.5. The van der Waals surface area contributed by atoms with Gasteiger partial charge in [0.25, 0.3) is 0 Å². The zero-order valence-corrected chi connectivity index (χ0v) is 23.5. The average Bonchev–Trinajstić information content (AvgIpc) is 2.82. The molecule has 1 fully saturated rings. The Morgan fingerprint density at radius 1 is 0.700 bits per heavy atom. The van der Waals surface area contributed by atoms with Crippen LogP contribution in [-0.4, -0.2) is 108 Å². The molecule has 40 heavy (non-hydrogen) atoms. The summed E-state index contributed by atoms with van der Waals surface area (Å²) < 4.78 is 62.9. The SMILES string of the molecule is [CH2-]CCCC(=O)O[C@H](COC(=O)CC[CH2-])COP(=O)(O)O[C@@H]1[C@H](O)[C@H](O)[C@@H](OP(=O)(O)O)[C@H](OP(=O)(O)O)[C@H]1O. The van der Waals surface area contributed by atoms with Gasteiger partial charge in [0.05, 0.1) is 6.61 Å². The Hall–Kier alpha value is -0.850. The first-order valence-corrected chi connectivity index (χ1v) is 16.0. The van der Waals surface area contributed by atoms with Gasteiger partial charge in [-0.2, -0.15) is 12.8 Å². The molecule has 0 amide bonds. The normalized spacial score (nSPS) is 27.9. The lowest BCUT2D eigenvalue weighted by Crippen LogP contribution is -2.65. The van der Waals surface area contributed by atoms with Crippen molar-refractivity contribution in [1.29, 1.82) is 0 Å². The minimum Gasteiger partial charge on any atom is -0.462 e. The van der Waals surface area contributed by atoms with Crippen molar-refractivity contribution < 1.29 is 90.6 Å². The van der Waals surface area contributed by atoms with E-state index in [0.717, 1.165) is 0 Å². The maximum absolute atomic E-state index is 12.6. The van der Waals surface area contributed by atoms with Crippen molar-refractivity contribution >= 4 is 35.4 Å². The van der Waals surface area contributed by atoms with E-state index in [9.17, 15) is 43.5 Å². The van der Waals surface area contributed by atoms with Crippen molar-refractivity contribution in [1.82, 2.24) is 0 Å². The standard InChI is InChI=1S/C18H33O19P3/c1-3-5-7-12(20)34-10(8-32-11(19)6-4-2)9-33-40(30,31)37-16-13(21)14(22)17(35-38(24,25)26)18(15(16)23)36-39(27,28)29/h10,13-18,21-23H,1-9H2,(H,30,31)(H2,24,25,26)(H2,27,28,29)/q-2/t10-,13-,14+,15+,16-,17-,18-/m1/s1. The van der Waals surface area contributed by atoms with Gasteiger partial charge in [-0.15, -0.1) is 0 Å². The van der Waals surface area contributed by atoms with Crippen LogP contribution in [0.2, 0.25) is 0 Å². The quantitative estimate of drug-likeness (QED) is 0.0512. The number of aliphatic hydroxyl groups is 3. The Balaban J connectivity index is 3.06. The van der Waals surface area contributed by atoms with Gasteiger partial charge in [0.15, 0.2) is 6.10 Å². The van der Waals surface area contributed by atoms with E-state index < -0.39 is 91.3 Å². The first kappa shape index (κ1) is 37.2. The van der Waals surface area contributed by atoms with E-state index in [4.69, 9.17) is 33.6 Å². The molecular weight excluding hydrogens is 613 g/mol. The average molecular weight is 646 g/mol. The maximum Gasteiger partial charge on any atom is 0.472 e. The maximum atomic E-state index is 12.6. The fraction of sp³-hybridized carbons (Fsp3) is 0.778. The fourth-order valence-electron chi connectivity index (χ4n) is 3.25. The summed E-state index contributed by atoms with van der Waals surface area (Å²) in [5.74, 6) is -1.53. The molecular formula is C18H33O19P3-2. The van der Waals surface area contributed by atoms with Crippen LogP contribution in [-0.2, 0) is 50.9 Å². The molecule has 0 saturated heterocycles. The molecule has 0 aromatic heterocycles. The fourth-order valence-corrected chi connectivity index (χ4v) is 5.34. The molecule has 0 radical (unpaired) electrons. The second kappa shape index (κ2) is 16.1. The first-order chi connectivity index (χ1) is 18.3. The van der Waals surface area contributed by atoms with Gasteiger partial charge in [0.1, 0.15) is 43.2 Å². The number of carbonyl (C=O) groups excluding carboxylic acids is 2. The van der Waals surface area contributed by atoms with Gasteiger partial charge >= 0.3 is 35.4 Å². The number of carbonyl (C=O) groups is 2. The third kappa shape index (κ3) is 13.4. The Morgan fingerprint density at radius 2 is 1.23 bits per heavy atom. The van der Waals surface area contributed by atoms with Crippen molar-refractivity contribution in [3.63, 3.8) is 0 Å². The number of esters is 2. The monoisotopic (exact) mass is 646 g/mol. The van der Waals surface area contributed by atoms with Gasteiger partial charge in [-0.25, -0.2) is 13.7 Å². The largest absolute Gasteiger partial charge is 0.472 e. The molecule has 0 bridgehead atoms. The van der Waals surface area contributed by atoms with Crippen LogP contribution < -0.4 is 0 Å². The summed E-state index contributed by atoms with van der Waals surface area (Å²) in [4.78, 5) is 70.0. The number of phosphoric ester groups is 3. The highest BCUT2D eigenvalue weighted by Gasteiger charge is 2.56. The van der Waals surface area contributed by atoms with Gasteiger partial charge in [-0.1, -0.05) is 6.42 Å². The number of aliphatic hydroxyl groups excluding tert-OH is 3. The van der Waals surface area contributed by atoms with Crippen molar-refractivity contribution in [3.8, 4) is 0 Å². The summed E-state index contributed by atoms with van der Waals surface area (Å²) in [5, 5.41) is 31.0. The van der Waals surface area contributed by atoms with Gasteiger partial charge in [-0.3, -0.25) is 27.7 Å².